The molecule has 3 rings (SSSR count). The molecule has 0 bridgehead atoms. The summed E-state index contributed by atoms with van der Waals surface area (Å²) in [6, 6.07) is 8.24. The molecule has 152 valence electrons. The summed E-state index contributed by atoms with van der Waals surface area (Å²) in [7, 11) is 0. The highest BCUT2D eigenvalue weighted by molar-refractivity contribution is 5.58. The SMILES string of the molecule is CCOc1ccccc1N1CCN(CCCCn2cc(C)c(=O)[nH]c2=O)CC1. The van der Waals surface area contributed by atoms with Crippen LogP contribution in [0.4, 0.5) is 5.69 Å². The number of nitrogens with zero attached hydrogens (tertiary/aromatic N) is 3. The van der Waals surface area contributed by atoms with Crippen LogP contribution in [0.2, 0.25) is 0 Å². The van der Waals surface area contributed by atoms with Crippen molar-refractivity contribution in [2.24, 2.45) is 0 Å². The number of ether oxygens (including phenoxy) is 1. The number of benzene rings is 1. The number of anilines is 1. The van der Waals surface area contributed by atoms with Gasteiger partial charge in [-0.25, -0.2) is 4.79 Å². The molecule has 7 heteroatoms. The Kier molecular flexibility index (Phi) is 6.92. The topological polar surface area (TPSA) is 70.6 Å². The minimum Gasteiger partial charge on any atom is -0.492 e. The van der Waals surface area contributed by atoms with Crippen molar-refractivity contribution >= 4 is 5.69 Å². The summed E-state index contributed by atoms with van der Waals surface area (Å²) in [5.74, 6) is 0.958. The van der Waals surface area contributed by atoms with Gasteiger partial charge in [0.1, 0.15) is 5.75 Å². The van der Waals surface area contributed by atoms with Crippen LogP contribution in [0, 0.1) is 6.92 Å². The molecule has 1 saturated heterocycles. The first-order valence-corrected chi connectivity index (χ1v) is 10.1. The van der Waals surface area contributed by atoms with E-state index in [2.05, 4.69) is 26.9 Å². The fraction of sp³-hybridized carbons (Fsp3) is 0.524. The minimum absolute atomic E-state index is 0.301. The molecular formula is C21H30N4O3. The Bertz CT molecular complexity index is 882. The van der Waals surface area contributed by atoms with Crippen molar-refractivity contribution in [1.29, 1.82) is 0 Å². The van der Waals surface area contributed by atoms with E-state index in [0.29, 0.717) is 18.7 Å². The largest absolute Gasteiger partial charge is 0.492 e. The fourth-order valence-electron chi connectivity index (χ4n) is 3.61. The van der Waals surface area contributed by atoms with E-state index in [1.807, 2.05) is 19.1 Å². The quantitative estimate of drug-likeness (QED) is 0.701. The van der Waals surface area contributed by atoms with Crippen LogP contribution < -0.4 is 20.9 Å². The zero-order chi connectivity index (χ0) is 19.9. The van der Waals surface area contributed by atoms with Gasteiger partial charge >= 0.3 is 5.69 Å². The molecule has 0 spiro atoms. The number of H-pyrrole nitrogens is 1. The Morgan fingerprint density at radius 1 is 1.04 bits per heavy atom. The van der Waals surface area contributed by atoms with Crippen LogP contribution in [0.25, 0.3) is 0 Å². The van der Waals surface area contributed by atoms with Crippen LogP contribution in [0.1, 0.15) is 25.3 Å². The zero-order valence-electron chi connectivity index (χ0n) is 16.8. The summed E-state index contributed by atoms with van der Waals surface area (Å²) < 4.78 is 7.36. The molecule has 2 aromatic rings. The van der Waals surface area contributed by atoms with Gasteiger partial charge in [0.2, 0.25) is 0 Å². The van der Waals surface area contributed by atoms with Crippen molar-refractivity contribution in [3.8, 4) is 5.75 Å². The van der Waals surface area contributed by atoms with Crippen molar-refractivity contribution in [2.75, 3.05) is 44.2 Å². The zero-order valence-corrected chi connectivity index (χ0v) is 16.8. The number of rotatable bonds is 8. The number of hydrogen-bond acceptors (Lipinski definition) is 5. The van der Waals surface area contributed by atoms with Crippen LogP contribution in [0.5, 0.6) is 5.75 Å². The Morgan fingerprint density at radius 2 is 1.75 bits per heavy atom. The molecule has 1 aromatic carbocycles. The number of piperazine rings is 1. The van der Waals surface area contributed by atoms with Gasteiger partial charge in [-0.2, -0.15) is 0 Å². The lowest BCUT2D eigenvalue weighted by Crippen LogP contribution is -2.46. The van der Waals surface area contributed by atoms with E-state index in [1.165, 1.54) is 5.69 Å². The molecule has 0 saturated carbocycles. The van der Waals surface area contributed by atoms with Crippen molar-refractivity contribution < 1.29 is 4.74 Å². The highest BCUT2D eigenvalue weighted by Crippen LogP contribution is 2.28. The van der Waals surface area contributed by atoms with E-state index >= 15 is 0 Å². The maximum absolute atomic E-state index is 11.8. The number of hydrogen-bond donors (Lipinski definition) is 1. The molecule has 7 nitrogen and oxygen atoms in total. The number of para-hydroxylation sites is 2. The first-order chi connectivity index (χ1) is 13.6. The maximum Gasteiger partial charge on any atom is 0.328 e. The normalized spacial score (nSPS) is 15.0. The number of unbranched alkanes of at least 4 members (excludes halogenated alkanes) is 1. The standard InChI is InChI=1S/C21H30N4O3/c1-3-28-19-9-5-4-8-18(19)24-14-12-23(13-15-24)10-6-7-11-25-16-17(2)20(26)22-21(25)27/h4-5,8-9,16H,3,6-7,10-15H2,1-2H3,(H,22,26,27). The predicted octanol–water partition coefficient (Wildman–Crippen LogP) is 1.85. The average Bonchev–Trinajstić information content (AvgIpc) is 2.70. The van der Waals surface area contributed by atoms with Gasteiger partial charge in [-0.3, -0.25) is 14.7 Å². The van der Waals surface area contributed by atoms with Gasteiger partial charge in [0.05, 0.1) is 12.3 Å². The van der Waals surface area contributed by atoms with E-state index in [0.717, 1.165) is 51.3 Å². The lowest BCUT2D eigenvalue weighted by molar-refractivity contribution is 0.250. The molecule has 1 aromatic heterocycles. The number of aromatic amines is 1. The lowest BCUT2D eigenvalue weighted by atomic mass is 10.2. The number of aromatic nitrogens is 2. The van der Waals surface area contributed by atoms with Crippen LogP contribution in [0.3, 0.4) is 0 Å². The van der Waals surface area contributed by atoms with E-state index < -0.39 is 0 Å². The third kappa shape index (κ3) is 5.04. The second kappa shape index (κ2) is 9.59. The minimum atomic E-state index is -0.322. The van der Waals surface area contributed by atoms with Crippen LogP contribution in [-0.4, -0.2) is 53.8 Å². The van der Waals surface area contributed by atoms with Gasteiger partial charge in [0.15, 0.2) is 0 Å². The summed E-state index contributed by atoms with van der Waals surface area (Å²) >= 11 is 0. The summed E-state index contributed by atoms with van der Waals surface area (Å²) in [5, 5.41) is 0. The van der Waals surface area contributed by atoms with Gasteiger partial charge in [-0.15, -0.1) is 0 Å². The Hall–Kier alpha value is -2.54. The van der Waals surface area contributed by atoms with Crippen molar-refractivity contribution in [1.82, 2.24) is 14.5 Å². The fourth-order valence-corrected chi connectivity index (χ4v) is 3.61. The average molecular weight is 386 g/mol. The molecule has 1 N–H and O–H groups in total. The molecule has 0 amide bonds. The third-order valence-corrected chi connectivity index (χ3v) is 5.19. The van der Waals surface area contributed by atoms with Gasteiger partial charge in [-0.05, 0) is 45.4 Å². The molecule has 0 radical (unpaired) electrons. The molecule has 0 unspecified atom stereocenters. The van der Waals surface area contributed by atoms with Crippen molar-refractivity contribution in [3.63, 3.8) is 0 Å². The Balaban J connectivity index is 1.43. The highest BCUT2D eigenvalue weighted by Gasteiger charge is 2.19. The van der Waals surface area contributed by atoms with Gasteiger partial charge in [0, 0.05) is 44.5 Å². The van der Waals surface area contributed by atoms with E-state index in [1.54, 1.807) is 17.7 Å². The maximum atomic E-state index is 11.8. The highest BCUT2D eigenvalue weighted by atomic mass is 16.5. The van der Waals surface area contributed by atoms with Crippen molar-refractivity contribution in [2.45, 2.75) is 33.2 Å². The van der Waals surface area contributed by atoms with Crippen LogP contribution in [0.15, 0.2) is 40.1 Å². The summed E-state index contributed by atoms with van der Waals surface area (Å²) in [6.07, 6.45) is 3.59. The third-order valence-electron chi connectivity index (χ3n) is 5.19. The molecule has 1 fully saturated rings. The monoisotopic (exact) mass is 386 g/mol. The summed E-state index contributed by atoms with van der Waals surface area (Å²) in [4.78, 5) is 30.5. The molecule has 28 heavy (non-hydrogen) atoms. The lowest BCUT2D eigenvalue weighted by Gasteiger charge is -2.36. The second-order valence-corrected chi connectivity index (χ2v) is 7.20. The van der Waals surface area contributed by atoms with E-state index in [4.69, 9.17) is 4.74 Å². The molecule has 0 aliphatic carbocycles. The van der Waals surface area contributed by atoms with Crippen molar-refractivity contribution in [3.05, 3.63) is 56.9 Å². The number of nitrogens with one attached hydrogen (secondary N) is 1. The second-order valence-electron chi connectivity index (χ2n) is 7.20. The van der Waals surface area contributed by atoms with Crippen LogP contribution in [-0.2, 0) is 6.54 Å². The van der Waals surface area contributed by atoms with Gasteiger partial charge < -0.3 is 14.2 Å². The molecular weight excluding hydrogens is 356 g/mol. The molecule has 1 aliphatic rings. The first-order valence-electron chi connectivity index (χ1n) is 10.1. The van der Waals surface area contributed by atoms with E-state index in [-0.39, 0.29) is 11.2 Å². The van der Waals surface area contributed by atoms with Crippen LogP contribution >= 0.6 is 0 Å². The van der Waals surface area contributed by atoms with Gasteiger partial charge in [0.25, 0.3) is 5.56 Å². The Labute approximate surface area is 165 Å². The van der Waals surface area contributed by atoms with Gasteiger partial charge in [-0.1, -0.05) is 12.1 Å². The Morgan fingerprint density at radius 3 is 2.50 bits per heavy atom. The summed E-state index contributed by atoms with van der Waals surface area (Å²) in [5.41, 5.74) is 1.13. The number of aryl methyl sites for hydroxylation is 2. The smallest absolute Gasteiger partial charge is 0.328 e. The summed E-state index contributed by atoms with van der Waals surface area (Å²) in [6.45, 7) is 10.1. The molecule has 0 atom stereocenters. The predicted molar refractivity (Wildman–Crippen MR) is 112 cm³/mol. The first kappa shape index (κ1) is 20.2. The molecule has 2 heterocycles. The van der Waals surface area contributed by atoms with E-state index in [9.17, 15) is 9.59 Å². The molecule has 1 aliphatic heterocycles.